The van der Waals surface area contributed by atoms with E-state index in [4.69, 9.17) is 19.9 Å². The molecule has 0 aliphatic heterocycles. The summed E-state index contributed by atoms with van der Waals surface area (Å²) in [5.74, 6) is 1.92. The van der Waals surface area contributed by atoms with Gasteiger partial charge in [-0.25, -0.2) is 19.9 Å². The van der Waals surface area contributed by atoms with Crippen molar-refractivity contribution in [2.24, 2.45) is 0 Å². The quantitative estimate of drug-likeness (QED) is 0.177. The molecule has 0 atom stereocenters. The van der Waals surface area contributed by atoms with E-state index in [-0.39, 0.29) is 0 Å². The van der Waals surface area contributed by atoms with E-state index in [1.165, 1.54) is 56.9 Å². The Labute approximate surface area is 318 Å². The lowest BCUT2D eigenvalue weighted by Gasteiger charge is -2.11. The van der Waals surface area contributed by atoms with Crippen LogP contribution in [0.4, 0.5) is 0 Å². The average molecular weight is 725 g/mol. The van der Waals surface area contributed by atoms with Crippen molar-refractivity contribution >= 4 is 73.9 Å². The summed E-state index contributed by atoms with van der Waals surface area (Å²) in [5, 5.41) is 6.19. The number of nitrogens with zero attached hydrogens (tertiary/aromatic N) is 4. The predicted molar refractivity (Wildman–Crippen MR) is 228 cm³/mol. The number of hydrogen-bond acceptors (Lipinski definition) is 6. The molecule has 0 aliphatic rings. The number of rotatable bonds is 5. The third-order valence-corrected chi connectivity index (χ3v) is 12.6. The van der Waals surface area contributed by atoms with Crippen molar-refractivity contribution in [3.8, 4) is 56.5 Å². The van der Waals surface area contributed by atoms with E-state index in [2.05, 4.69) is 109 Å². The van der Waals surface area contributed by atoms with Gasteiger partial charge in [-0.3, -0.25) is 0 Å². The first-order valence-corrected chi connectivity index (χ1v) is 19.5. The smallest absolute Gasteiger partial charge is 0.164 e. The molecule has 54 heavy (non-hydrogen) atoms. The van der Waals surface area contributed by atoms with Crippen molar-refractivity contribution in [3.63, 3.8) is 0 Å². The van der Waals surface area contributed by atoms with Gasteiger partial charge in [0, 0.05) is 68.0 Å². The SMILES string of the molecule is c1ccc(-c2nc(-c3ccccc3)nc(-c3ccc(-c4nc5cc(-c6cccc7c6sc6ccccc67)ccc5c5sc6ccccc6c45)cc3)n2)cc1. The van der Waals surface area contributed by atoms with Crippen LogP contribution in [0.5, 0.6) is 0 Å². The van der Waals surface area contributed by atoms with E-state index in [0.717, 1.165) is 33.5 Å². The summed E-state index contributed by atoms with van der Waals surface area (Å²) >= 11 is 3.70. The van der Waals surface area contributed by atoms with Gasteiger partial charge in [0.1, 0.15) is 0 Å². The maximum absolute atomic E-state index is 5.48. The lowest BCUT2D eigenvalue weighted by molar-refractivity contribution is 1.07. The van der Waals surface area contributed by atoms with Crippen molar-refractivity contribution < 1.29 is 0 Å². The number of benzene rings is 7. The highest BCUT2D eigenvalue weighted by molar-refractivity contribution is 7.27. The minimum atomic E-state index is 0.631. The van der Waals surface area contributed by atoms with Gasteiger partial charge in [-0.05, 0) is 29.3 Å². The van der Waals surface area contributed by atoms with Gasteiger partial charge in [0.2, 0.25) is 0 Å². The summed E-state index contributed by atoms with van der Waals surface area (Å²) in [6, 6.07) is 59.5. The monoisotopic (exact) mass is 724 g/mol. The van der Waals surface area contributed by atoms with E-state index >= 15 is 0 Å². The predicted octanol–water partition coefficient (Wildman–Crippen LogP) is 13.5. The molecule has 7 aromatic carbocycles. The molecule has 4 nitrogen and oxygen atoms in total. The molecule has 6 heteroatoms. The Morgan fingerprint density at radius 2 is 0.852 bits per heavy atom. The van der Waals surface area contributed by atoms with Crippen LogP contribution in [0.3, 0.4) is 0 Å². The molecule has 11 aromatic rings. The summed E-state index contributed by atoms with van der Waals surface area (Å²) < 4.78 is 5.12. The van der Waals surface area contributed by atoms with Crippen molar-refractivity contribution in [2.45, 2.75) is 0 Å². The molecular weight excluding hydrogens is 697 g/mol. The molecule has 0 aliphatic carbocycles. The molecule has 4 heterocycles. The fourth-order valence-corrected chi connectivity index (χ4v) is 10.0. The van der Waals surface area contributed by atoms with Crippen LogP contribution in [0.25, 0.3) is 108 Å². The van der Waals surface area contributed by atoms with Gasteiger partial charge in [0.25, 0.3) is 0 Å². The second-order valence-corrected chi connectivity index (χ2v) is 15.5. The molecule has 0 saturated carbocycles. The number of fused-ring (bicyclic) bond motifs is 8. The van der Waals surface area contributed by atoms with Gasteiger partial charge >= 0.3 is 0 Å². The van der Waals surface area contributed by atoms with Crippen molar-refractivity contribution in [3.05, 3.63) is 170 Å². The largest absolute Gasteiger partial charge is 0.247 e. The van der Waals surface area contributed by atoms with Crippen LogP contribution in [-0.2, 0) is 0 Å². The molecule has 252 valence electrons. The van der Waals surface area contributed by atoms with Crippen molar-refractivity contribution in [1.82, 2.24) is 19.9 Å². The molecule has 0 unspecified atom stereocenters. The van der Waals surface area contributed by atoms with E-state index < -0.39 is 0 Å². The molecule has 0 amide bonds. The van der Waals surface area contributed by atoms with Crippen LogP contribution < -0.4 is 0 Å². The lowest BCUT2D eigenvalue weighted by Crippen LogP contribution is -2.00. The van der Waals surface area contributed by atoms with Crippen LogP contribution in [0, 0.1) is 0 Å². The maximum atomic E-state index is 5.48. The molecule has 0 radical (unpaired) electrons. The van der Waals surface area contributed by atoms with E-state index in [1.807, 2.05) is 83.3 Å². The Hall–Kier alpha value is -6.60. The van der Waals surface area contributed by atoms with Crippen LogP contribution >= 0.6 is 22.7 Å². The zero-order chi connectivity index (χ0) is 35.6. The second-order valence-electron chi connectivity index (χ2n) is 13.4. The van der Waals surface area contributed by atoms with Gasteiger partial charge < -0.3 is 0 Å². The number of thiophene rings is 2. The molecule has 0 spiro atoms. The molecule has 0 bridgehead atoms. The number of aromatic nitrogens is 4. The van der Waals surface area contributed by atoms with Crippen LogP contribution in [-0.4, -0.2) is 19.9 Å². The Morgan fingerprint density at radius 1 is 0.333 bits per heavy atom. The fourth-order valence-electron chi connectivity index (χ4n) is 7.53. The Bertz CT molecular complexity index is 3150. The van der Waals surface area contributed by atoms with E-state index in [0.29, 0.717) is 17.5 Å². The lowest BCUT2D eigenvalue weighted by atomic mass is 9.98. The molecule has 0 N–H and O–H groups in total. The summed E-state index contributed by atoms with van der Waals surface area (Å²) in [4.78, 5) is 20.3. The molecule has 11 rings (SSSR count). The highest BCUT2D eigenvalue weighted by atomic mass is 32.1. The molecular formula is C48H28N4S2. The standard InChI is InChI=1S/C48H28N4S2/c1-3-12-30(13-4-1)46-50-47(31-14-5-2-6-15-31)52-48(51-46)32-24-22-29(23-25-32)43-42-38-17-8-10-21-41(38)54-45(42)37-27-26-33(28-39(37)49-43)34-18-11-19-36-35-16-7-9-20-40(35)53-44(34)36/h1-28H. The van der Waals surface area contributed by atoms with Crippen molar-refractivity contribution in [1.29, 1.82) is 0 Å². The highest BCUT2D eigenvalue weighted by Crippen LogP contribution is 2.45. The fraction of sp³-hybridized carbons (Fsp3) is 0. The van der Waals surface area contributed by atoms with E-state index in [1.54, 1.807) is 0 Å². The van der Waals surface area contributed by atoms with Crippen LogP contribution in [0.1, 0.15) is 0 Å². The third-order valence-electron chi connectivity index (χ3n) is 10.1. The topological polar surface area (TPSA) is 51.6 Å². The maximum Gasteiger partial charge on any atom is 0.164 e. The Balaban J connectivity index is 1.07. The summed E-state index contributed by atoms with van der Waals surface area (Å²) in [6.45, 7) is 0. The summed E-state index contributed by atoms with van der Waals surface area (Å²) in [5.41, 5.74) is 8.24. The van der Waals surface area contributed by atoms with Crippen molar-refractivity contribution in [2.75, 3.05) is 0 Å². The zero-order valence-corrected chi connectivity index (χ0v) is 30.4. The summed E-state index contributed by atoms with van der Waals surface area (Å²) in [7, 11) is 0. The van der Waals surface area contributed by atoms with Gasteiger partial charge in [0.15, 0.2) is 17.5 Å². The normalized spacial score (nSPS) is 11.7. The third kappa shape index (κ3) is 5.11. The first-order chi connectivity index (χ1) is 26.7. The van der Waals surface area contributed by atoms with Gasteiger partial charge in [-0.15, -0.1) is 22.7 Å². The van der Waals surface area contributed by atoms with Gasteiger partial charge in [-0.2, -0.15) is 0 Å². The average Bonchev–Trinajstić information content (AvgIpc) is 3.83. The first-order valence-electron chi connectivity index (χ1n) is 17.9. The molecule has 4 aromatic heterocycles. The summed E-state index contributed by atoms with van der Waals surface area (Å²) in [6.07, 6.45) is 0. The van der Waals surface area contributed by atoms with Gasteiger partial charge in [-0.1, -0.05) is 152 Å². The Kier molecular flexibility index (Phi) is 7.18. The Morgan fingerprint density at radius 3 is 1.54 bits per heavy atom. The van der Waals surface area contributed by atoms with Crippen LogP contribution in [0.2, 0.25) is 0 Å². The second kappa shape index (κ2) is 12.5. The zero-order valence-electron chi connectivity index (χ0n) is 28.8. The first kappa shape index (κ1) is 31.0. The minimum absolute atomic E-state index is 0.631. The number of pyridine rings is 1. The van der Waals surface area contributed by atoms with Gasteiger partial charge in [0.05, 0.1) is 11.2 Å². The van der Waals surface area contributed by atoms with E-state index in [9.17, 15) is 0 Å². The molecule has 0 fully saturated rings. The molecule has 0 saturated heterocycles. The minimum Gasteiger partial charge on any atom is -0.247 e. The highest BCUT2D eigenvalue weighted by Gasteiger charge is 2.19. The number of hydrogen-bond donors (Lipinski definition) is 0. The van der Waals surface area contributed by atoms with Crippen LogP contribution in [0.15, 0.2) is 170 Å².